The van der Waals surface area contributed by atoms with E-state index in [0.717, 1.165) is 17.5 Å². The number of nitrogens with two attached hydrogens (primary N) is 1. The van der Waals surface area contributed by atoms with Gasteiger partial charge in [0.25, 0.3) is 0 Å². The first kappa shape index (κ1) is 18.6. The number of aliphatic imine (C=N–C) groups is 1. The Morgan fingerprint density at radius 2 is 1.95 bits per heavy atom. The van der Waals surface area contributed by atoms with Crippen LogP contribution in [0.3, 0.4) is 0 Å². The molecule has 1 aromatic rings. The second kappa shape index (κ2) is 8.22. The Hall–Kier alpha value is -0.490. The van der Waals surface area contributed by atoms with Crippen molar-refractivity contribution in [2.45, 2.75) is 38.5 Å². The lowest BCUT2D eigenvalue weighted by Crippen LogP contribution is -2.38. The molecule has 5 heteroatoms. The number of halogens is 2. The first-order chi connectivity index (χ1) is 9.47. The quantitative estimate of drug-likeness (QED) is 0.430. The van der Waals surface area contributed by atoms with E-state index in [1.807, 2.05) is 12.1 Å². The fourth-order valence-corrected chi connectivity index (χ4v) is 2.40. The maximum atomic E-state index is 5.93. The van der Waals surface area contributed by atoms with Crippen LogP contribution in [0.1, 0.15) is 38.7 Å². The maximum absolute atomic E-state index is 5.93. The van der Waals surface area contributed by atoms with E-state index < -0.39 is 0 Å². The van der Waals surface area contributed by atoms with Gasteiger partial charge >= 0.3 is 0 Å². The minimum absolute atomic E-state index is 0. The molecule has 118 valence electrons. The van der Waals surface area contributed by atoms with Crippen molar-refractivity contribution in [2.75, 3.05) is 13.1 Å². The molecule has 0 heterocycles. The van der Waals surface area contributed by atoms with Crippen LogP contribution >= 0.6 is 35.6 Å². The van der Waals surface area contributed by atoms with E-state index in [4.69, 9.17) is 17.3 Å². The summed E-state index contributed by atoms with van der Waals surface area (Å²) >= 11 is 5.92. The van der Waals surface area contributed by atoms with Crippen LogP contribution in [0.4, 0.5) is 0 Å². The van der Waals surface area contributed by atoms with Crippen molar-refractivity contribution < 1.29 is 0 Å². The highest BCUT2D eigenvalue weighted by molar-refractivity contribution is 14.0. The third kappa shape index (κ3) is 5.66. The van der Waals surface area contributed by atoms with Crippen LogP contribution < -0.4 is 11.1 Å². The highest BCUT2D eigenvalue weighted by atomic mass is 127. The van der Waals surface area contributed by atoms with E-state index in [1.54, 1.807) is 0 Å². The van der Waals surface area contributed by atoms with Crippen molar-refractivity contribution >= 4 is 41.5 Å². The van der Waals surface area contributed by atoms with Crippen LogP contribution in [-0.4, -0.2) is 19.0 Å². The van der Waals surface area contributed by atoms with Gasteiger partial charge in [-0.1, -0.05) is 44.0 Å². The summed E-state index contributed by atoms with van der Waals surface area (Å²) in [6.45, 7) is 5.95. The lowest BCUT2D eigenvalue weighted by molar-refractivity contribution is 0.315. The summed E-state index contributed by atoms with van der Waals surface area (Å²) in [4.78, 5) is 4.48. The SMILES string of the molecule is CC(C)(CN=C(N)NCC1CCC1)c1ccc(Cl)cc1.I. The minimum atomic E-state index is -0.0483. The van der Waals surface area contributed by atoms with Gasteiger partial charge in [0.15, 0.2) is 5.96 Å². The maximum Gasteiger partial charge on any atom is 0.188 e. The van der Waals surface area contributed by atoms with E-state index in [2.05, 4.69) is 36.3 Å². The van der Waals surface area contributed by atoms with Crippen LogP contribution in [-0.2, 0) is 5.41 Å². The zero-order valence-electron chi connectivity index (χ0n) is 12.7. The van der Waals surface area contributed by atoms with E-state index in [1.165, 1.54) is 24.8 Å². The molecular formula is C16H25ClIN3. The molecule has 1 saturated carbocycles. The van der Waals surface area contributed by atoms with Gasteiger partial charge in [0.1, 0.15) is 0 Å². The molecule has 0 aromatic heterocycles. The molecule has 0 atom stereocenters. The minimum Gasteiger partial charge on any atom is -0.370 e. The molecule has 3 nitrogen and oxygen atoms in total. The van der Waals surface area contributed by atoms with Crippen molar-refractivity contribution in [1.29, 1.82) is 0 Å². The van der Waals surface area contributed by atoms with Crippen LogP contribution in [0.5, 0.6) is 0 Å². The average Bonchev–Trinajstić information content (AvgIpc) is 2.35. The third-order valence-corrected chi connectivity index (χ3v) is 4.32. The second-order valence-electron chi connectivity index (χ2n) is 6.27. The van der Waals surface area contributed by atoms with Crippen LogP contribution in [0, 0.1) is 5.92 Å². The molecule has 0 radical (unpaired) electrons. The summed E-state index contributed by atoms with van der Waals surface area (Å²) in [5.41, 5.74) is 7.10. The predicted molar refractivity (Wildman–Crippen MR) is 102 cm³/mol. The van der Waals surface area contributed by atoms with Gasteiger partial charge in [-0.25, -0.2) is 0 Å². The molecule has 0 unspecified atom stereocenters. The third-order valence-electron chi connectivity index (χ3n) is 4.07. The number of benzene rings is 1. The smallest absolute Gasteiger partial charge is 0.188 e. The Balaban J connectivity index is 0.00000220. The molecule has 0 amide bonds. The van der Waals surface area contributed by atoms with Crippen molar-refractivity contribution in [3.8, 4) is 0 Å². The first-order valence-electron chi connectivity index (χ1n) is 7.27. The second-order valence-corrected chi connectivity index (χ2v) is 6.71. The summed E-state index contributed by atoms with van der Waals surface area (Å²) in [6.07, 6.45) is 3.99. The van der Waals surface area contributed by atoms with Gasteiger partial charge in [-0.05, 0) is 36.5 Å². The molecule has 0 saturated heterocycles. The molecule has 3 N–H and O–H groups in total. The number of hydrogen-bond acceptors (Lipinski definition) is 1. The fourth-order valence-electron chi connectivity index (χ4n) is 2.28. The van der Waals surface area contributed by atoms with Gasteiger partial charge in [0.05, 0.1) is 6.54 Å². The normalized spacial score (nSPS) is 16.0. The molecule has 1 aromatic carbocycles. The molecule has 1 aliphatic carbocycles. The summed E-state index contributed by atoms with van der Waals surface area (Å²) in [6, 6.07) is 7.94. The highest BCUT2D eigenvalue weighted by Crippen LogP contribution is 2.26. The molecule has 21 heavy (non-hydrogen) atoms. The number of nitrogens with one attached hydrogen (secondary N) is 1. The summed E-state index contributed by atoms with van der Waals surface area (Å²) in [7, 11) is 0. The van der Waals surface area contributed by atoms with Gasteiger partial charge in [0, 0.05) is 17.0 Å². The van der Waals surface area contributed by atoms with E-state index in [0.29, 0.717) is 12.5 Å². The molecular weight excluding hydrogens is 397 g/mol. The largest absolute Gasteiger partial charge is 0.370 e. The Morgan fingerprint density at radius 1 is 1.33 bits per heavy atom. The zero-order valence-corrected chi connectivity index (χ0v) is 15.8. The van der Waals surface area contributed by atoms with Crippen molar-refractivity contribution in [2.24, 2.45) is 16.6 Å². The number of rotatable bonds is 5. The van der Waals surface area contributed by atoms with Gasteiger partial charge < -0.3 is 11.1 Å². The predicted octanol–water partition coefficient (Wildman–Crippen LogP) is 3.94. The van der Waals surface area contributed by atoms with Crippen LogP contribution in [0.2, 0.25) is 5.02 Å². The van der Waals surface area contributed by atoms with Crippen molar-refractivity contribution in [3.63, 3.8) is 0 Å². The van der Waals surface area contributed by atoms with Crippen LogP contribution in [0.15, 0.2) is 29.3 Å². The van der Waals surface area contributed by atoms with Gasteiger partial charge in [-0.2, -0.15) is 0 Å². The lowest BCUT2D eigenvalue weighted by atomic mass is 9.85. The molecule has 0 bridgehead atoms. The molecule has 2 rings (SSSR count). The van der Waals surface area contributed by atoms with Crippen LogP contribution in [0.25, 0.3) is 0 Å². The average molecular weight is 422 g/mol. The summed E-state index contributed by atoms with van der Waals surface area (Å²) in [5, 5.41) is 3.98. The van der Waals surface area contributed by atoms with Gasteiger partial charge in [0.2, 0.25) is 0 Å². The zero-order chi connectivity index (χ0) is 14.6. The number of nitrogens with zero attached hydrogens (tertiary/aromatic N) is 1. The Bertz CT molecular complexity index is 467. The lowest BCUT2D eigenvalue weighted by Gasteiger charge is -2.26. The Kier molecular flexibility index (Phi) is 7.27. The molecule has 0 spiro atoms. The molecule has 0 aliphatic heterocycles. The highest BCUT2D eigenvalue weighted by Gasteiger charge is 2.20. The summed E-state index contributed by atoms with van der Waals surface area (Å²) in [5.74, 6) is 1.34. The Labute approximate surface area is 149 Å². The van der Waals surface area contributed by atoms with Gasteiger partial charge in [-0.3, -0.25) is 4.99 Å². The number of hydrogen-bond donors (Lipinski definition) is 2. The molecule has 1 fully saturated rings. The Morgan fingerprint density at radius 3 is 2.48 bits per heavy atom. The van der Waals surface area contributed by atoms with E-state index >= 15 is 0 Å². The first-order valence-corrected chi connectivity index (χ1v) is 7.65. The topological polar surface area (TPSA) is 50.4 Å². The monoisotopic (exact) mass is 421 g/mol. The van der Waals surface area contributed by atoms with Crippen molar-refractivity contribution in [1.82, 2.24) is 5.32 Å². The number of guanidine groups is 1. The van der Waals surface area contributed by atoms with E-state index in [-0.39, 0.29) is 29.4 Å². The van der Waals surface area contributed by atoms with Gasteiger partial charge in [-0.15, -0.1) is 24.0 Å². The summed E-state index contributed by atoms with van der Waals surface area (Å²) < 4.78 is 0. The standard InChI is InChI=1S/C16H24ClN3.HI/c1-16(2,13-6-8-14(17)9-7-13)11-20-15(18)19-10-12-4-3-5-12;/h6-9,12H,3-5,10-11H2,1-2H3,(H3,18,19,20);1H. The van der Waals surface area contributed by atoms with E-state index in [9.17, 15) is 0 Å². The van der Waals surface area contributed by atoms with Crippen molar-refractivity contribution in [3.05, 3.63) is 34.9 Å². The molecule has 1 aliphatic rings. The fraction of sp³-hybridized carbons (Fsp3) is 0.562.